The molecule has 14 heavy (non-hydrogen) atoms. The van der Waals surface area contributed by atoms with Crippen molar-refractivity contribution in [3.8, 4) is 0 Å². The lowest BCUT2D eigenvalue weighted by molar-refractivity contribution is -0.131. The first kappa shape index (κ1) is 9.75. The van der Waals surface area contributed by atoms with Gasteiger partial charge >= 0.3 is 5.97 Å². The van der Waals surface area contributed by atoms with Gasteiger partial charge in [0, 0.05) is 6.08 Å². The summed E-state index contributed by atoms with van der Waals surface area (Å²) in [6.45, 7) is 4.57. The molecule has 78 valence electrons. The molecule has 2 saturated carbocycles. The molecule has 0 aromatic rings. The highest BCUT2D eigenvalue weighted by Crippen LogP contribution is 2.59. The molecule has 3 unspecified atom stereocenters. The molecule has 0 amide bonds. The first-order valence-electron chi connectivity index (χ1n) is 5.43. The normalized spacial score (nSPS) is 39.4. The molecule has 0 aliphatic heterocycles. The van der Waals surface area contributed by atoms with E-state index in [0.29, 0.717) is 11.3 Å². The van der Waals surface area contributed by atoms with E-state index < -0.39 is 5.97 Å². The van der Waals surface area contributed by atoms with Crippen LogP contribution in [-0.4, -0.2) is 11.1 Å². The van der Waals surface area contributed by atoms with Crippen LogP contribution in [0.1, 0.15) is 33.1 Å². The Morgan fingerprint density at radius 3 is 2.64 bits per heavy atom. The molecule has 2 heteroatoms. The average Bonchev–Trinajstić information content (AvgIpc) is 2.59. The Hall–Kier alpha value is -0.790. The quantitative estimate of drug-likeness (QED) is 0.686. The minimum atomic E-state index is -0.816. The molecule has 0 spiro atoms. The molecule has 2 rings (SSSR count). The SMILES string of the molecule is CC1(C)C2CCC(C2)C1/C=C/C(=O)O. The maximum Gasteiger partial charge on any atom is 0.327 e. The summed E-state index contributed by atoms with van der Waals surface area (Å²) in [7, 11) is 0. The first-order chi connectivity index (χ1) is 6.51. The Morgan fingerprint density at radius 2 is 2.14 bits per heavy atom. The number of carboxylic acids is 1. The minimum absolute atomic E-state index is 0.314. The monoisotopic (exact) mass is 194 g/mol. The lowest BCUT2D eigenvalue weighted by Gasteiger charge is -2.36. The first-order valence-corrected chi connectivity index (χ1v) is 5.43. The van der Waals surface area contributed by atoms with Gasteiger partial charge in [-0.25, -0.2) is 4.79 Å². The van der Waals surface area contributed by atoms with Gasteiger partial charge in [-0.05, 0) is 42.4 Å². The fourth-order valence-corrected chi connectivity index (χ4v) is 3.49. The highest BCUT2D eigenvalue weighted by atomic mass is 16.4. The lowest BCUT2D eigenvalue weighted by Crippen LogP contribution is -2.29. The van der Waals surface area contributed by atoms with Gasteiger partial charge in [0.1, 0.15) is 0 Å². The van der Waals surface area contributed by atoms with Crippen molar-refractivity contribution in [2.24, 2.45) is 23.2 Å². The maximum atomic E-state index is 10.5. The lowest BCUT2D eigenvalue weighted by atomic mass is 9.68. The number of carboxylic acid groups (broad SMARTS) is 1. The van der Waals surface area contributed by atoms with Crippen LogP contribution in [0.25, 0.3) is 0 Å². The summed E-state index contributed by atoms with van der Waals surface area (Å²) in [5.74, 6) is 1.22. The molecule has 0 aromatic carbocycles. The molecule has 2 fully saturated rings. The second kappa shape index (κ2) is 3.11. The molecule has 2 bridgehead atoms. The van der Waals surface area contributed by atoms with Gasteiger partial charge in [-0.1, -0.05) is 19.9 Å². The van der Waals surface area contributed by atoms with Crippen LogP contribution in [0.15, 0.2) is 12.2 Å². The van der Waals surface area contributed by atoms with Gasteiger partial charge in [-0.3, -0.25) is 0 Å². The zero-order chi connectivity index (χ0) is 10.3. The maximum absolute atomic E-state index is 10.5. The van der Waals surface area contributed by atoms with Gasteiger partial charge in [0.05, 0.1) is 0 Å². The van der Waals surface area contributed by atoms with Gasteiger partial charge in [0.15, 0.2) is 0 Å². The van der Waals surface area contributed by atoms with Crippen molar-refractivity contribution in [1.29, 1.82) is 0 Å². The third-order valence-corrected chi connectivity index (χ3v) is 4.34. The van der Waals surface area contributed by atoms with Crippen molar-refractivity contribution in [3.63, 3.8) is 0 Å². The van der Waals surface area contributed by atoms with Crippen molar-refractivity contribution < 1.29 is 9.90 Å². The standard InChI is InChI=1S/C12H18O2/c1-12(2)9-4-3-8(7-9)10(12)5-6-11(13)14/h5-6,8-10H,3-4,7H2,1-2H3,(H,13,14)/b6-5+. The van der Waals surface area contributed by atoms with Crippen LogP contribution in [0.5, 0.6) is 0 Å². The highest BCUT2D eigenvalue weighted by molar-refractivity contribution is 5.79. The van der Waals surface area contributed by atoms with Crippen LogP contribution in [-0.2, 0) is 4.79 Å². The summed E-state index contributed by atoms with van der Waals surface area (Å²) in [5, 5.41) is 8.63. The molecule has 2 nitrogen and oxygen atoms in total. The van der Waals surface area contributed by atoms with Gasteiger partial charge in [0.2, 0.25) is 0 Å². The number of hydrogen-bond donors (Lipinski definition) is 1. The number of rotatable bonds is 2. The third kappa shape index (κ3) is 1.37. The molecule has 0 saturated heterocycles. The van der Waals surface area contributed by atoms with Gasteiger partial charge < -0.3 is 5.11 Å². The number of allylic oxidation sites excluding steroid dienone is 1. The van der Waals surface area contributed by atoms with Crippen molar-refractivity contribution in [3.05, 3.63) is 12.2 Å². The van der Waals surface area contributed by atoms with E-state index in [4.69, 9.17) is 5.11 Å². The fourth-order valence-electron chi connectivity index (χ4n) is 3.49. The molecular formula is C12H18O2. The van der Waals surface area contributed by atoms with E-state index in [1.165, 1.54) is 25.3 Å². The Bertz CT molecular complexity index is 278. The second-order valence-electron chi connectivity index (χ2n) is 5.31. The molecule has 0 aromatic heterocycles. The van der Waals surface area contributed by atoms with Crippen LogP contribution < -0.4 is 0 Å². The number of carbonyl (C=O) groups is 1. The Morgan fingerprint density at radius 1 is 1.43 bits per heavy atom. The number of hydrogen-bond acceptors (Lipinski definition) is 1. The molecule has 3 atom stereocenters. The largest absolute Gasteiger partial charge is 0.478 e. The van der Waals surface area contributed by atoms with E-state index in [1.54, 1.807) is 0 Å². The summed E-state index contributed by atoms with van der Waals surface area (Å²) in [4.78, 5) is 10.5. The van der Waals surface area contributed by atoms with E-state index >= 15 is 0 Å². The van der Waals surface area contributed by atoms with E-state index in [0.717, 1.165) is 11.8 Å². The summed E-state index contributed by atoms with van der Waals surface area (Å²) in [5.41, 5.74) is 0.314. The summed E-state index contributed by atoms with van der Waals surface area (Å²) in [6.07, 6.45) is 7.19. The van der Waals surface area contributed by atoms with Crippen molar-refractivity contribution in [2.45, 2.75) is 33.1 Å². The number of aliphatic carboxylic acids is 1. The predicted octanol–water partition coefficient (Wildman–Crippen LogP) is 2.70. The van der Waals surface area contributed by atoms with Crippen molar-refractivity contribution in [1.82, 2.24) is 0 Å². The predicted molar refractivity (Wildman–Crippen MR) is 54.9 cm³/mol. The van der Waals surface area contributed by atoms with E-state index in [2.05, 4.69) is 13.8 Å². The smallest absolute Gasteiger partial charge is 0.327 e. The van der Waals surface area contributed by atoms with Crippen molar-refractivity contribution in [2.75, 3.05) is 0 Å². The van der Waals surface area contributed by atoms with E-state index in [1.807, 2.05) is 6.08 Å². The van der Waals surface area contributed by atoms with Gasteiger partial charge in [-0.15, -0.1) is 0 Å². The Balaban J connectivity index is 2.15. The summed E-state index contributed by atoms with van der Waals surface area (Å²) >= 11 is 0. The zero-order valence-corrected chi connectivity index (χ0v) is 8.86. The van der Waals surface area contributed by atoms with E-state index in [-0.39, 0.29) is 0 Å². The second-order valence-corrected chi connectivity index (χ2v) is 5.31. The summed E-state index contributed by atoms with van der Waals surface area (Å²) < 4.78 is 0. The molecular weight excluding hydrogens is 176 g/mol. The van der Waals surface area contributed by atoms with Crippen LogP contribution in [0.4, 0.5) is 0 Å². The fraction of sp³-hybridized carbons (Fsp3) is 0.750. The van der Waals surface area contributed by atoms with Crippen LogP contribution in [0.2, 0.25) is 0 Å². The Labute approximate surface area is 85.0 Å². The minimum Gasteiger partial charge on any atom is -0.478 e. The van der Waals surface area contributed by atoms with Crippen LogP contribution >= 0.6 is 0 Å². The number of fused-ring (bicyclic) bond motifs is 2. The highest BCUT2D eigenvalue weighted by Gasteiger charge is 2.51. The Kier molecular flexibility index (Phi) is 2.17. The molecule has 2 aliphatic carbocycles. The molecule has 1 N–H and O–H groups in total. The third-order valence-electron chi connectivity index (χ3n) is 4.34. The molecule has 2 aliphatic rings. The molecule has 0 radical (unpaired) electrons. The van der Waals surface area contributed by atoms with Gasteiger partial charge in [-0.2, -0.15) is 0 Å². The summed E-state index contributed by atoms with van der Waals surface area (Å²) in [6, 6.07) is 0. The average molecular weight is 194 g/mol. The van der Waals surface area contributed by atoms with Crippen LogP contribution in [0, 0.1) is 23.2 Å². The zero-order valence-electron chi connectivity index (χ0n) is 8.86. The topological polar surface area (TPSA) is 37.3 Å². The van der Waals surface area contributed by atoms with Crippen LogP contribution in [0.3, 0.4) is 0 Å². The molecule has 0 heterocycles. The van der Waals surface area contributed by atoms with E-state index in [9.17, 15) is 4.79 Å². The van der Waals surface area contributed by atoms with Gasteiger partial charge in [0.25, 0.3) is 0 Å². The van der Waals surface area contributed by atoms with Crippen molar-refractivity contribution >= 4 is 5.97 Å².